The zero-order chi connectivity index (χ0) is 14.1. The van der Waals surface area contributed by atoms with Gasteiger partial charge in [-0.15, -0.1) is 0 Å². The van der Waals surface area contributed by atoms with E-state index >= 15 is 0 Å². The number of rotatable bonds is 10. The van der Waals surface area contributed by atoms with E-state index in [0.717, 1.165) is 19.4 Å². The predicted octanol–water partition coefficient (Wildman–Crippen LogP) is 3.96. The molecule has 0 amide bonds. The molecule has 2 unspecified atom stereocenters. The van der Waals surface area contributed by atoms with Gasteiger partial charge in [0.15, 0.2) is 0 Å². The molecule has 1 aromatic heterocycles. The van der Waals surface area contributed by atoms with E-state index in [1.807, 2.05) is 0 Å². The molecule has 0 saturated carbocycles. The zero-order valence-electron chi connectivity index (χ0n) is 13.2. The molecule has 0 saturated heterocycles. The minimum atomic E-state index is 0.517. The summed E-state index contributed by atoms with van der Waals surface area (Å²) in [4.78, 5) is 0. The third kappa shape index (κ3) is 5.77. The summed E-state index contributed by atoms with van der Waals surface area (Å²) in [6.07, 6.45) is 9.41. The molecule has 1 N–H and O–H groups in total. The number of nitrogens with zero attached hydrogens (tertiary/aromatic N) is 2. The van der Waals surface area contributed by atoms with Crippen LogP contribution in [-0.2, 0) is 6.42 Å². The molecule has 0 aromatic carbocycles. The van der Waals surface area contributed by atoms with E-state index in [4.69, 9.17) is 0 Å². The van der Waals surface area contributed by atoms with Crippen molar-refractivity contribution in [1.82, 2.24) is 15.1 Å². The minimum absolute atomic E-state index is 0.517. The maximum atomic E-state index is 4.67. The standard InChI is InChI=1S/C16H31N3/c1-5-9-15(17-7-3)10-8-11-16-12-13-19(18-16)14(4)6-2/h12-15,17H,5-11H2,1-4H3. The van der Waals surface area contributed by atoms with E-state index in [0.29, 0.717) is 12.1 Å². The van der Waals surface area contributed by atoms with Gasteiger partial charge in [0.1, 0.15) is 0 Å². The maximum Gasteiger partial charge on any atom is 0.0624 e. The highest BCUT2D eigenvalue weighted by Gasteiger charge is 2.08. The Morgan fingerprint density at radius 3 is 2.68 bits per heavy atom. The Morgan fingerprint density at radius 1 is 1.26 bits per heavy atom. The van der Waals surface area contributed by atoms with Gasteiger partial charge in [0, 0.05) is 18.3 Å². The Balaban J connectivity index is 2.33. The molecule has 0 bridgehead atoms. The summed E-state index contributed by atoms with van der Waals surface area (Å²) in [5.41, 5.74) is 1.24. The van der Waals surface area contributed by atoms with Crippen molar-refractivity contribution in [3.8, 4) is 0 Å². The van der Waals surface area contributed by atoms with Crippen LogP contribution in [0.1, 0.15) is 71.5 Å². The lowest BCUT2D eigenvalue weighted by Crippen LogP contribution is -2.28. The van der Waals surface area contributed by atoms with Gasteiger partial charge in [-0.1, -0.05) is 27.2 Å². The minimum Gasteiger partial charge on any atom is -0.314 e. The van der Waals surface area contributed by atoms with E-state index in [1.54, 1.807) is 0 Å². The van der Waals surface area contributed by atoms with Gasteiger partial charge >= 0.3 is 0 Å². The summed E-state index contributed by atoms with van der Waals surface area (Å²) >= 11 is 0. The summed E-state index contributed by atoms with van der Waals surface area (Å²) in [6.45, 7) is 9.96. The molecule has 3 nitrogen and oxygen atoms in total. The Labute approximate surface area is 118 Å². The van der Waals surface area contributed by atoms with Crippen LogP contribution in [0.4, 0.5) is 0 Å². The van der Waals surface area contributed by atoms with E-state index in [1.165, 1.54) is 31.4 Å². The summed E-state index contributed by atoms with van der Waals surface area (Å²) in [7, 11) is 0. The molecule has 110 valence electrons. The molecular formula is C16H31N3. The molecule has 1 rings (SSSR count). The molecule has 1 heterocycles. The Bertz CT molecular complexity index is 326. The number of aromatic nitrogens is 2. The number of hydrogen-bond donors (Lipinski definition) is 1. The van der Waals surface area contributed by atoms with Crippen molar-refractivity contribution in [3.63, 3.8) is 0 Å². The molecular weight excluding hydrogens is 234 g/mol. The first-order valence-electron chi connectivity index (χ1n) is 7.98. The van der Waals surface area contributed by atoms with Crippen molar-refractivity contribution in [2.24, 2.45) is 0 Å². The molecule has 0 aliphatic heterocycles. The van der Waals surface area contributed by atoms with Crippen molar-refractivity contribution in [2.75, 3.05) is 6.54 Å². The smallest absolute Gasteiger partial charge is 0.0624 e. The Morgan fingerprint density at radius 2 is 2.05 bits per heavy atom. The lowest BCUT2D eigenvalue weighted by molar-refractivity contribution is 0.443. The molecule has 1 aromatic rings. The third-order valence-electron chi connectivity index (χ3n) is 3.82. The fourth-order valence-corrected chi connectivity index (χ4v) is 2.46. The van der Waals surface area contributed by atoms with E-state index in [9.17, 15) is 0 Å². The van der Waals surface area contributed by atoms with E-state index in [-0.39, 0.29) is 0 Å². The van der Waals surface area contributed by atoms with Crippen LogP contribution in [0.2, 0.25) is 0 Å². The van der Waals surface area contributed by atoms with Crippen LogP contribution in [0.15, 0.2) is 12.3 Å². The van der Waals surface area contributed by atoms with Crippen LogP contribution in [0, 0.1) is 0 Å². The largest absolute Gasteiger partial charge is 0.314 e. The highest BCUT2D eigenvalue weighted by molar-refractivity contribution is 4.99. The predicted molar refractivity (Wildman–Crippen MR) is 82.5 cm³/mol. The fraction of sp³-hybridized carbons (Fsp3) is 0.812. The lowest BCUT2D eigenvalue weighted by atomic mass is 10.0. The van der Waals surface area contributed by atoms with Gasteiger partial charge in [-0.3, -0.25) is 4.68 Å². The lowest BCUT2D eigenvalue weighted by Gasteiger charge is -2.16. The second kappa shape index (κ2) is 9.13. The summed E-state index contributed by atoms with van der Waals surface area (Å²) in [5.74, 6) is 0. The summed E-state index contributed by atoms with van der Waals surface area (Å²) in [5, 5.41) is 8.24. The number of nitrogens with one attached hydrogen (secondary N) is 1. The highest BCUT2D eigenvalue weighted by Crippen LogP contribution is 2.12. The molecule has 0 aliphatic carbocycles. The second-order valence-electron chi connectivity index (χ2n) is 5.48. The van der Waals surface area contributed by atoms with Crippen molar-refractivity contribution >= 4 is 0 Å². The van der Waals surface area contributed by atoms with Crippen LogP contribution >= 0.6 is 0 Å². The molecule has 0 aliphatic rings. The Hall–Kier alpha value is -0.830. The van der Waals surface area contributed by atoms with Gasteiger partial charge in [-0.2, -0.15) is 5.10 Å². The third-order valence-corrected chi connectivity index (χ3v) is 3.82. The van der Waals surface area contributed by atoms with Crippen molar-refractivity contribution in [1.29, 1.82) is 0 Å². The average molecular weight is 265 g/mol. The monoisotopic (exact) mass is 265 g/mol. The SMILES string of the molecule is CCCC(CCCc1ccn(C(C)CC)n1)NCC. The molecule has 0 fully saturated rings. The van der Waals surface area contributed by atoms with Gasteiger partial charge in [-0.05, 0) is 51.6 Å². The van der Waals surface area contributed by atoms with E-state index in [2.05, 4.69) is 55.1 Å². The number of aryl methyl sites for hydroxylation is 1. The first-order chi connectivity index (χ1) is 9.21. The fourth-order valence-electron chi connectivity index (χ4n) is 2.46. The Kier molecular flexibility index (Phi) is 7.80. The van der Waals surface area contributed by atoms with Gasteiger partial charge in [0.25, 0.3) is 0 Å². The topological polar surface area (TPSA) is 29.9 Å². The quantitative estimate of drug-likeness (QED) is 0.694. The van der Waals surface area contributed by atoms with Gasteiger partial charge in [0.2, 0.25) is 0 Å². The first-order valence-corrected chi connectivity index (χ1v) is 7.98. The first kappa shape index (κ1) is 16.2. The zero-order valence-corrected chi connectivity index (χ0v) is 13.2. The normalized spacial score (nSPS) is 14.5. The molecule has 0 spiro atoms. The van der Waals surface area contributed by atoms with Gasteiger partial charge < -0.3 is 5.32 Å². The number of hydrogen-bond acceptors (Lipinski definition) is 2. The maximum absolute atomic E-state index is 4.67. The van der Waals surface area contributed by atoms with Crippen LogP contribution in [0.25, 0.3) is 0 Å². The van der Waals surface area contributed by atoms with Crippen LogP contribution in [0.3, 0.4) is 0 Å². The van der Waals surface area contributed by atoms with Crippen molar-refractivity contribution in [3.05, 3.63) is 18.0 Å². The molecule has 2 atom stereocenters. The van der Waals surface area contributed by atoms with Crippen LogP contribution < -0.4 is 5.32 Å². The summed E-state index contributed by atoms with van der Waals surface area (Å²) in [6, 6.07) is 3.38. The second-order valence-corrected chi connectivity index (χ2v) is 5.48. The molecule has 0 radical (unpaired) electrons. The van der Waals surface area contributed by atoms with Gasteiger partial charge in [-0.25, -0.2) is 0 Å². The van der Waals surface area contributed by atoms with Gasteiger partial charge in [0.05, 0.1) is 5.69 Å². The van der Waals surface area contributed by atoms with Crippen LogP contribution in [0.5, 0.6) is 0 Å². The van der Waals surface area contributed by atoms with Crippen molar-refractivity contribution in [2.45, 2.75) is 78.3 Å². The molecule has 3 heteroatoms. The van der Waals surface area contributed by atoms with Crippen LogP contribution in [-0.4, -0.2) is 22.4 Å². The highest BCUT2D eigenvalue weighted by atomic mass is 15.3. The summed E-state index contributed by atoms with van der Waals surface area (Å²) < 4.78 is 2.10. The molecule has 19 heavy (non-hydrogen) atoms. The van der Waals surface area contributed by atoms with E-state index < -0.39 is 0 Å². The average Bonchev–Trinajstić information content (AvgIpc) is 2.87. The van der Waals surface area contributed by atoms with Crippen molar-refractivity contribution < 1.29 is 0 Å².